The molecule has 5 nitrogen and oxygen atoms in total. The summed E-state index contributed by atoms with van der Waals surface area (Å²) in [4.78, 5) is 11.5. The lowest BCUT2D eigenvalue weighted by Gasteiger charge is -2.16. The zero-order valence-electron chi connectivity index (χ0n) is 10.9. The van der Waals surface area contributed by atoms with Crippen LogP contribution in [0.1, 0.15) is 31.5 Å². The summed E-state index contributed by atoms with van der Waals surface area (Å²) in [6, 6.07) is -1.13. The number of aromatic nitrogens is 2. The third-order valence-electron chi connectivity index (χ3n) is 2.43. The van der Waals surface area contributed by atoms with Gasteiger partial charge in [0.15, 0.2) is 0 Å². The maximum Gasteiger partial charge on any atom is 0.401 e. The van der Waals surface area contributed by atoms with Crippen LogP contribution in [-0.4, -0.2) is 35.6 Å². The van der Waals surface area contributed by atoms with Crippen LogP contribution < -0.4 is 5.32 Å². The molecule has 0 spiro atoms. The maximum atomic E-state index is 12.2. The highest BCUT2D eigenvalue weighted by atomic mass is 19.4. The second-order valence-corrected chi connectivity index (χ2v) is 4.30. The van der Waals surface area contributed by atoms with E-state index in [1.54, 1.807) is 4.68 Å². The van der Waals surface area contributed by atoms with Crippen LogP contribution >= 0.6 is 0 Å². The first kappa shape index (κ1) is 15.5. The molecule has 1 aromatic rings. The van der Waals surface area contributed by atoms with Crippen molar-refractivity contribution in [1.82, 2.24) is 15.1 Å². The highest BCUT2D eigenvalue weighted by molar-refractivity contribution is 5.77. The summed E-state index contributed by atoms with van der Waals surface area (Å²) in [5.74, 6) is -0.785. The molecular weight excluding hydrogens is 263 g/mol. The second-order valence-electron chi connectivity index (χ2n) is 4.30. The summed E-state index contributed by atoms with van der Waals surface area (Å²) in [7, 11) is 1.12. The van der Waals surface area contributed by atoms with E-state index in [2.05, 4.69) is 15.2 Å². The van der Waals surface area contributed by atoms with Gasteiger partial charge in [0.25, 0.3) is 0 Å². The molecule has 0 aromatic carbocycles. The number of rotatable bonds is 5. The molecule has 0 amide bonds. The summed E-state index contributed by atoms with van der Waals surface area (Å²) in [6.07, 6.45) is -1.53. The first-order valence-electron chi connectivity index (χ1n) is 5.66. The Morgan fingerprint density at radius 2 is 2.16 bits per heavy atom. The fourth-order valence-corrected chi connectivity index (χ4v) is 1.46. The Hall–Kier alpha value is -1.57. The van der Waals surface area contributed by atoms with E-state index in [1.807, 2.05) is 13.8 Å². The number of alkyl halides is 3. The van der Waals surface area contributed by atoms with Crippen molar-refractivity contribution in [2.45, 2.75) is 32.1 Å². The molecule has 0 aliphatic heterocycles. The van der Waals surface area contributed by atoms with Gasteiger partial charge in [-0.25, -0.2) is 4.79 Å². The molecule has 0 saturated heterocycles. The number of halogens is 3. The predicted octanol–water partition coefficient (Wildman–Crippen LogP) is 1.83. The van der Waals surface area contributed by atoms with Crippen LogP contribution in [0.25, 0.3) is 0 Å². The Morgan fingerprint density at radius 1 is 1.53 bits per heavy atom. The monoisotopic (exact) mass is 279 g/mol. The molecule has 1 aromatic heterocycles. The van der Waals surface area contributed by atoms with Gasteiger partial charge in [-0.1, -0.05) is 0 Å². The van der Waals surface area contributed by atoms with Crippen molar-refractivity contribution in [3.63, 3.8) is 0 Å². The zero-order valence-corrected chi connectivity index (χ0v) is 10.9. The molecule has 8 heteroatoms. The Morgan fingerprint density at radius 3 is 2.58 bits per heavy atom. The van der Waals surface area contributed by atoms with Gasteiger partial charge in [0, 0.05) is 17.8 Å². The maximum absolute atomic E-state index is 12.2. The SMILES string of the molecule is COC(=O)C(NCC(F)(F)F)c1cnn(C(C)C)c1. The van der Waals surface area contributed by atoms with E-state index in [0.717, 1.165) is 7.11 Å². The number of nitrogens with one attached hydrogen (secondary N) is 1. The van der Waals surface area contributed by atoms with Crippen molar-refractivity contribution in [2.75, 3.05) is 13.7 Å². The van der Waals surface area contributed by atoms with Gasteiger partial charge in [0.2, 0.25) is 0 Å². The van der Waals surface area contributed by atoms with Gasteiger partial charge in [-0.3, -0.25) is 10.00 Å². The van der Waals surface area contributed by atoms with Crippen molar-refractivity contribution < 1.29 is 22.7 Å². The first-order chi connectivity index (χ1) is 8.74. The average Bonchev–Trinajstić information content (AvgIpc) is 2.77. The molecule has 1 atom stereocenters. The lowest BCUT2D eigenvalue weighted by Crippen LogP contribution is -2.36. The van der Waals surface area contributed by atoms with Crippen molar-refractivity contribution in [3.05, 3.63) is 18.0 Å². The number of carbonyl (C=O) groups is 1. The van der Waals surface area contributed by atoms with Gasteiger partial charge in [-0.2, -0.15) is 18.3 Å². The number of esters is 1. The minimum atomic E-state index is -4.40. The number of nitrogens with zero attached hydrogens (tertiary/aromatic N) is 2. The molecule has 1 unspecified atom stereocenters. The molecule has 1 N–H and O–H groups in total. The lowest BCUT2D eigenvalue weighted by atomic mass is 10.1. The van der Waals surface area contributed by atoms with E-state index >= 15 is 0 Å². The molecule has 0 saturated carbocycles. The molecule has 0 radical (unpaired) electrons. The molecule has 0 aliphatic carbocycles. The van der Waals surface area contributed by atoms with Gasteiger partial charge >= 0.3 is 12.1 Å². The molecular formula is C11H16F3N3O2. The molecule has 0 fully saturated rings. The summed E-state index contributed by atoms with van der Waals surface area (Å²) < 4.78 is 42.6. The van der Waals surface area contributed by atoms with Gasteiger partial charge in [-0.05, 0) is 13.8 Å². The van der Waals surface area contributed by atoms with E-state index in [9.17, 15) is 18.0 Å². The highest BCUT2D eigenvalue weighted by Crippen LogP contribution is 2.19. The van der Waals surface area contributed by atoms with Crippen LogP contribution in [0, 0.1) is 0 Å². The Bertz CT molecular complexity index is 429. The first-order valence-corrected chi connectivity index (χ1v) is 5.66. The van der Waals surface area contributed by atoms with Crippen molar-refractivity contribution in [2.24, 2.45) is 0 Å². The third kappa shape index (κ3) is 4.55. The van der Waals surface area contributed by atoms with Gasteiger partial charge < -0.3 is 4.74 Å². The van der Waals surface area contributed by atoms with E-state index < -0.39 is 24.7 Å². The molecule has 108 valence electrons. The number of ether oxygens (including phenoxy) is 1. The smallest absolute Gasteiger partial charge is 0.401 e. The van der Waals surface area contributed by atoms with Crippen molar-refractivity contribution >= 4 is 5.97 Å². The van der Waals surface area contributed by atoms with E-state index in [-0.39, 0.29) is 6.04 Å². The topological polar surface area (TPSA) is 56.1 Å². The van der Waals surface area contributed by atoms with Gasteiger partial charge in [-0.15, -0.1) is 0 Å². The van der Waals surface area contributed by atoms with E-state index in [0.29, 0.717) is 5.56 Å². The number of hydrogen-bond donors (Lipinski definition) is 1. The van der Waals surface area contributed by atoms with Crippen LogP contribution in [0.5, 0.6) is 0 Å². The molecule has 0 aliphatic rings. The normalized spacial score (nSPS) is 13.6. The summed E-state index contributed by atoms with van der Waals surface area (Å²) >= 11 is 0. The number of carbonyl (C=O) groups excluding carboxylic acids is 1. The van der Waals surface area contributed by atoms with Crippen LogP contribution in [0.2, 0.25) is 0 Å². The second kappa shape index (κ2) is 6.05. The molecule has 19 heavy (non-hydrogen) atoms. The van der Waals surface area contributed by atoms with Crippen LogP contribution in [0.15, 0.2) is 12.4 Å². The van der Waals surface area contributed by atoms with Gasteiger partial charge in [0.05, 0.1) is 19.9 Å². The number of methoxy groups -OCH3 is 1. The Kier molecular flexibility index (Phi) is 4.93. The minimum Gasteiger partial charge on any atom is -0.468 e. The Labute approximate surface area is 108 Å². The van der Waals surface area contributed by atoms with Crippen LogP contribution in [0.4, 0.5) is 13.2 Å². The Balaban J connectivity index is 2.86. The van der Waals surface area contributed by atoms with Crippen molar-refractivity contribution in [1.29, 1.82) is 0 Å². The van der Waals surface area contributed by atoms with Crippen molar-refractivity contribution in [3.8, 4) is 0 Å². The largest absolute Gasteiger partial charge is 0.468 e. The van der Waals surface area contributed by atoms with E-state index in [1.165, 1.54) is 12.4 Å². The lowest BCUT2D eigenvalue weighted by molar-refractivity contribution is -0.146. The summed E-state index contributed by atoms with van der Waals surface area (Å²) in [5.41, 5.74) is 0.338. The predicted molar refractivity (Wildman–Crippen MR) is 61.4 cm³/mol. The fourth-order valence-electron chi connectivity index (χ4n) is 1.46. The highest BCUT2D eigenvalue weighted by Gasteiger charge is 2.31. The summed E-state index contributed by atoms with van der Waals surface area (Å²) in [6.45, 7) is 2.46. The number of hydrogen-bond acceptors (Lipinski definition) is 4. The minimum absolute atomic E-state index is 0.0506. The van der Waals surface area contributed by atoms with Crippen LogP contribution in [0.3, 0.4) is 0 Å². The molecule has 0 bridgehead atoms. The zero-order chi connectivity index (χ0) is 14.6. The molecule has 1 rings (SSSR count). The average molecular weight is 279 g/mol. The van der Waals surface area contributed by atoms with Crippen LogP contribution in [-0.2, 0) is 9.53 Å². The van der Waals surface area contributed by atoms with E-state index in [4.69, 9.17) is 0 Å². The standard InChI is InChI=1S/C11H16F3N3O2/c1-7(2)17-5-8(4-16-17)9(10(18)19-3)15-6-11(12,13)14/h4-5,7,9,15H,6H2,1-3H3. The summed E-state index contributed by atoms with van der Waals surface area (Å²) in [5, 5.41) is 6.11. The van der Waals surface area contributed by atoms with Gasteiger partial charge in [0.1, 0.15) is 6.04 Å². The fraction of sp³-hybridized carbons (Fsp3) is 0.636. The molecule has 1 heterocycles. The third-order valence-corrected chi connectivity index (χ3v) is 2.43. The quantitative estimate of drug-likeness (QED) is 0.835.